The normalized spacial score (nSPS) is 21.0. The fraction of sp³-hybridized carbons (Fsp3) is 0.391. The molecule has 0 radical (unpaired) electrons. The number of nitrogens with zero attached hydrogens (tertiary/aromatic N) is 6. The van der Waals surface area contributed by atoms with Crippen molar-refractivity contribution in [1.82, 2.24) is 9.97 Å². The molecule has 4 unspecified atom stereocenters. The van der Waals surface area contributed by atoms with Gasteiger partial charge in [-0.15, -0.1) is 0 Å². The minimum Gasteiger partial charge on any atom is -0.346 e. The van der Waals surface area contributed by atoms with E-state index in [4.69, 9.17) is 9.97 Å². The first kappa shape index (κ1) is 34.3. The molecule has 4 atom stereocenters. The summed E-state index contributed by atoms with van der Waals surface area (Å²) in [5.41, 5.74) is 10.3. The van der Waals surface area contributed by atoms with E-state index in [2.05, 4.69) is 171 Å². The van der Waals surface area contributed by atoms with Crippen LogP contribution in [0.25, 0.3) is 0 Å². The van der Waals surface area contributed by atoms with E-state index in [1.807, 2.05) is 6.20 Å². The molecule has 52 heavy (non-hydrogen) atoms. The summed E-state index contributed by atoms with van der Waals surface area (Å²) in [6.07, 6.45) is 7.72. The van der Waals surface area contributed by atoms with Crippen molar-refractivity contribution in [2.75, 3.05) is 19.6 Å². The Bertz CT molecular complexity index is 2040. The number of fused-ring (bicyclic) bond motifs is 6. The average molecular weight is 691 g/mol. The Hall–Kier alpha value is -4.84. The van der Waals surface area contributed by atoms with E-state index in [0.29, 0.717) is 17.9 Å². The molecule has 4 heterocycles. The van der Waals surface area contributed by atoms with E-state index in [-0.39, 0.29) is 17.7 Å². The molecule has 0 fully saturated rings. The predicted molar refractivity (Wildman–Crippen MR) is 218 cm³/mol. The third-order valence-electron chi connectivity index (χ3n) is 12.0. The van der Waals surface area contributed by atoms with Crippen molar-refractivity contribution >= 4 is 40.1 Å². The summed E-state index contributed by atoms with van der Waals surface area (Å²) in [5, 5.41) is 0. The summed E-state index contributed by atoms with van der Waals surface area (Å²) in [6, 6.07) is 38.5. The molecule has 0 saturated heterocycles. The number of para-hydroxylation sites is 5. The van der Waals surface area contributed by atoms with Crippen LogP contribution in [0.15, 0.2) is 109 Å². The number of benzene rings is 4. The van der Waals surface area contributed by atoms with Gasteiger partial charge in [0.05, 0.1) is 23.3 Å². The van der Waals surface area contributed by atoms with Gasteiger partial charge in [0.2, 0.25) is 0 Å². The maximum absolute atomic E-state index is 5.28. The second-order valence-electron chi connectivity index (χ2n) is 15.8. The second kappa shape index (κ2) is 13.6. The molecule has 0 aliphatic carbocycles. The van der Waals surface area contributed by atoms with Crippen LogP contribution in [0.2, 0.25) is 0 Å². The van der Waals surface area contributed by atoms with E-state index in [1.54, 1.807) is 0 Å². The van der Waals surface area contributed by atoms with Gasteiger partial charge in [0.25, 0.3) is 0 Å². The molecular formula is C46H54N6. The van der Waals surface area contributed by atoms with E-state index in [1.165, 1.54) is 33.9 Å². The van der Waals surface area contributed by atoms with E-state index in [0.717, 1.165) is 55.1 Å². The first-order valence-electron chi connectivity index (χ1n) is 19.6. The molecule has 5 aromatic rings. The summed E-state index contributed by atoms with van der Waals surface area (Å²) < 4.78 is 0. The lowest BCUT2D eigenvalue weighted by molar-refractivity contribution is 0.159. The van der Waals surface area contributed by atoms with Crippen LogP contribution in [0, 0.1) is 5.41 Å². The van der Waals surface area contributed by atoms with Crippen LogP contribution in [0.1, 0.15) is 103 Å². The van der Waals surface area contributed by atoms with Gasteiger partial charge >= 0.3 is 0 Å². The maximum Gasteiger partial charge on any atom is 0.178 e. The van der Waals surface area contributed by atoms with Crippen LogP contribution in [0.5, 0.6) is 0 Å². The zero-order chi connectivity index (χ0) is 36.1. The molecule has 6 heteroatoms. The molecule has 0 amide bonds. The summed E-state index contributed by atoms with van der Waals surface area (Å²) in [5.74, 6) is 2.52. The third kappa shape index (κ3) is 5.45. The van der Waals surface area contributed by atoms with Crippen molar-refractivity contribution in [2.24, 2.45) is 5.41 Å². The standard InChI is InChI=1S/C46H54N6/c1-8-19-34(28-46(9-2)29-35-20-13-15-24-39(35)52-42-27-18-17-26-41(42)49(32(5)6)45(46)52)37-23-14-16-25-40(37)51-33(7)50(36-21-11-10-12-22-36)44-43(51)47-30-38(48-44)31(3)4/h10-18,20-27,30-34,45H,8-9,19,28-29H2,1-7H3. The number of hydrogen-bond acceptors (Lipinski definition) is 6. The third-order valence-corrected chi connectivity index (χ3v) is 12.0. The molecule has 268 valence electrons. The lowest BCUT2D eigenvalue weighted by atomic mass is 9.65. The van der Waals surface area contributed by atoms with Crippen molar-refractivity contribution in [1.29, 1.82) is 0 Å². The molecule has 8 rings (SSSR count). The smallest absolute Gasteiger partial charge is 0.178 e. The van der Waals surface area contributed by atoms with E-state index in [9.17, 15) is 0 Å². The predicted octanol–water partition coefficient (Wildman–Crippen LogP) is 11.9. The van der Waals surface area contributed by atoms with Gasteiger partial charge in [-0.1, -0.05) is 101 Å². The quantitative estimate of drug-likeness (QED) is 0.145. The zero-order valence-electron chi connectivity index (χ0n) is 32.0. The molecule has 3 aliphatic rings. The monoisotopic (exact) mass is 690 g/mol. The van der Waals surface area contributed by atoms with Gasteiger partial charge in [0, 0.05) is 28.5 Å². The van der Waals surface area contributed by atoms with Gasteiger partial charge in [-0.25, -0.2) is 9.97 Å². The molecule has 1 aromatic heterocycles. The zero-order valence-corrected chi connectivity index (χ0v) is 32.0. The van der Waals surface area contributed by atoms with Crippen LogP contribution < -0.4 is 19.6 Å². The molecule has 3 aliphatic heterocycles. The van der Waals surface area contributed by atoms with Crippen LogP contribution in [-0.2, 0) is 6.42 Å². The second-order valence-corrected chi connectivity index (χ2v) is 15.8. The Morgan fingerprint density at radius 2 is 1.37 bits per heavy atom. The summed E-state index contributed by atoms with van der Waals surface area (Å²) in [4.78, 5) is 20.7. The fourth-order valence-electron chi connectivity index (χ4n) is 9.63. The molecule has 6 nitrogen and oxygen atoms in total. The Kier molecular flexibility index (Phi) is 8.97. The Morgan fingerprint density at radius 1 is 0.712 bits per heavy atom. The first-order valence-corrected chi connectivity index (χ1v) is 19.6. The van der Waals surface area contributed by atoms with Gasteiger partial charge in [-0.3, -0.25) is 0 Å². The van der Waals surface area contributed by atoms with Crippen molar-refractivity contribution < 1.29 is 0 Å². The summed E-state index contributed by atoms with van der Waals surface area (Å²) in [6.45, 7) is 16.2. The molecule has 4 aromatic carbocycles. The number of rotatable bonds is 10. The molecular weight excluding hydrogens is 637 g/mol. The molecule has 0 spiro atoms. The highest BCUT2D eigenvalue weighted by molar-refractivity contribution is 5.87. The lowest BCUT2D eigenvalue weighted by Gasteiger charge is -2.53. The first-order chi connectivity index (χ1) is 25.3. The van der Waals surface area contributed by atoms with Crippen LogP contribution in [-0.4, -0.2) is 28.3 Å². The van der Waals surface area contributed by atoms with Crippen molar-refractivity contribution in [3.63, 3.8) is 0 Å². The van der Waals surface area contributed by atoms with Crippen LogP contribution in [0.3, 0.4) is 0 Å². The average Bonchev–Trinajstić information content (AvgIpc) is 3.67. The SMILES string of the molecule is CCCC(CC1(CC)Cc2ccccc2N2c3ccccc3N(C(C)C)C21)c1ccccc1N1c2ncc(C(C)C)nc2N(c2ccccc2)C1C. The fourth-order valence-corrected chi connectivity index (χ4v) is 9.63. The Balaban J connectivity index is 1.26. The highest BCUT2D eigenvalue weighted by Crippen LogP contribution is 2.59. The lowest BCUT2D eigenvalue weighted by Crippen LogP contribution is -2.58. The van der Waals surface area contributed by atoms with Crippen LogP contribution >= 0.6 is 0 Å². The number of aromatic nitrogens is 2. The highest BCUT2D eigenvalue weighted by Gasteiger charge is 2.54. The highest BCUT2D eigenvalue weighted by atomic mass is 15.5. The van der Waals surface area contributed by atoms with E-state index < -0.39 is 0 Å². The summed E-state index contributed by atoms with van der Waals surface area (Å²) >= 11 is 0. The van der Waals surface area contributed by atoms with Gasteiger partial charge in [0.15, 0.2) is 11.6 Å². The number of anilines is 7. The van der Waals surface area contributed by atoms with Gasteiger partial charge in [0.1, 0.15) is 12.3 Å². The topological polar surface area (TPSA) is 38.7 Å². The Morgan fingerprint density at radius 3 is 2.06 bits per heavy atom. The van der Waals surface area contributed by atoms with Crippen molar-refractivity contribution in [3.8, 4) is 0 Å². The van der Waals surface area contributed by atoms with Gasteiger partial charge in [-0.2, -0.15) is 0 Å². The summed E-state index contributed by atoms with van der Waals surface area (Å²) in [7, 11) is 0. The van der Waals surface area contributed by atoms with Crippen LogP contribution in [0.4, 0.5) is 40.1 Å². The van der Waals surface area contributed by atoms with Gasteiger partial charge in [-0.05, 0) is 106 Å². The molecule has 0 bridgehead atoms. The largest absolute Gasteiger partial charge is 0.346 e. The minimum absolute atomic E-state index is 0.00110. The number of hydrogen-bond donors (Lipinski definition) is 0. The minimum atomic E-state index is 0.00110. The maximum atomic E-state index is 5.28. The van der Waals surface area contributed by atoms with Crippen molar-refractivity contribution in [3.05, 3.63) is 126 Å². The Labute approximate surface area is 311 Å². The van der Waals surface area contributed by atoms with Crippen molar-refractivity contribution in [2.45, 2.75) is 111 Å². The van der Waals surface area contributed by atoms with Gasteiger partial charge < -0.3 is 19.6 Å². The molecule has 0 saturated carbocycles. The molecule has 0 N–H and O–H groups in total. The van der Waals surface area contributed by atoms with E-state index >= 15 is 0 Å².